The number of hydrogen-bond donors (Lipinski definition) is 0. The van der Waals surface area contributed by atoms with E-state index < -0.39 is 18.3 Å². The van der Waals surface area contributed by atoms with Crippen LogP contribution in [0, 0.1) is 53.3 Å². The Bertz CT molecular complexity index is 492. The van der Waals surface area contributed by atoms with Crippen LogP contribution in [0.5, 0.6) is 0 Å². The number of alkyl halides is 2. The van der Waals surface area contributed by atoms with Crippen LogP contribution in [-0.4, -0.2) is 12.3 Å². The Hall–Kier alpha value is -0.580. The molecule has 0 nitrogen and oxygen atoms in total. The Labute approximate surface area is 173 Å². The van der Waals surface area contributed by atoms with Crippen LogP contribution in [0.4, 0.5) is 8.78 Å². The van der Waals surface area contributed by atoms with Gasteiger partial charge in [-0.25, -0.2) is 8.78 Å². The second-order valence-corrected chi connectivity index (χ2v) is 9.98. The minimum atomic E-state index is -1.05. The Morgan fingerprint density at radius 3 is 2.21 bits per heavy atom. The lowest BCUT2D eigenvalue weighted by atomic mass is 9.64. The molecule has 0 spiro atoms. The smallest absolute Gasteiger partial charge is 0.107 e. The molecule has 2 rings (SSSR count). The van der Waals surface area contributed by atoms with Gasteiger partial charge in [-0.2, -0.15) is 0 Å². The summed E-state index contributed by atoms with van der Waals surface area (Å²) in [6.45, 7) is 10.9. The molecule has 0 bridgehead atoms. The molecule has 2 saturated carbocycles. The summed E-state index contributed by atoms with van der Waals surface area (Å²) in [5, 5.41) is 0. The molecule has 0 aromatic carbocycles. The molecule has 0 heterocycles. The summed E-state index contributed by atoms with van der Waals surface area (Å²) in [7, 11) is 0. The van der Waals surface area contributed by atoms with E-state index in [-0.39, 0.29) is 11.8 Å². The van der Waals surface area contributed by atoms with E-state index in [0.717, 1.165) is 11.8 Å². The second kappa shape index (κ2) is 11.6. The number of halogens is 2. The topological polar surface area (TPSA) is 0 Å². The minimum Gasteiger partial charge on any atom is -0.247 e. The Morgan fingerprint density at radius 1 is 1.00 bits per heavy atom. The lowest BCUT2D eigenvalue weighted by Crippen LogP contribution is -2.43. The molecule has 0 aromatic heterocycles. The lowest BCUT2D eigenvalue weighted by molar-refractivity contribution is -0.00901. The number of rotatable bonds is 9. The maximum absolute atomic E-state index is 15.0. The van der Waals surface area contributed by atoms with Crippen molar-refractivity contribution >= 4 is 0 Å². The zero-order chi connectivity index (χ0) is 20.7. The van der Waals surface area contributed by atoms with Gasteiger partial charge in [0.2, 0.25) is 0 Å². The molecule has 0 aromatic rings. The molecule has 0 amide bonds. The molecule has 2 fully saturated rings. The van der Waals surface area contributed by atoms with Gasteiger partial charge in [0, 0.05) is 11.8 Å². The summed E-state index contributed by atoms with van der Waals surface area (Å²) in [5.41, 5.74) is 0. The molecular formula is C26H44F2. The molecule has 28 heavy (non-hydrogen) atoms. The summed E-state index contributed by atoms with van der Waals surface area (Å²) >= 11 is 0. The highest BCUT2D eigenvalue weighted by molar-refractivity contribution is 5.06. The van der Waals surface area contributed by atoms with Gasteiger partial charge >= 0.3 is 0 Å². The molecule has 2 heteroatoms. The summed E-state index contributed by atoms with van der Waals surface area (Å²) in [5.74, 6) is 7.95. The van der Waals surface area contributed by atoms with Gasteiger partial charge in [-0.3, -0.25) is 0 Å². The van der Waals surface area contributed by atoms with Gasteiger partial charge in [0.15, 0.2) is 0 Å². The van der Waals surface area contributed by atoms with E-state index in [9.17, 15) is 0 Å². The average molecular weight is 395 g/mol. The van der Waals surface area contributed by atoms with Gasteiger partial charge < -0.3 is 0 Å². The van der Waals surface area contributed by atoms with Gasteiger partial charge in [-0.15, -0.1) is 5.92 Å². The van der Waals surface area contributed by atoms with Crippen molar-refractivity contribution in [1.29, 1.82) is 0 Å². The first-order valence-electron chi connectivity index (χ1n) is 12.1. The summed E-state index contributed by atoms with van der Waals surface area (Å²) in [6.07, 6.45) is 9.09. The fraction of sp³-hybridized carbons (Fsp3) is 0.923. The largest absolute Gasteiger partial charge is 0.247 e. The summed E-state index contributed by atoms with van der Waals surface area (Å²) in [4.78, 5) is 0. The molecule has 0 saturated heterocycles. The maximum atomic E-state index is 15.0. The lowest BCUT2D eigenvalue weighted by Gasteiger charge is -2.43. The van der Waals surface area contributed by atoms with Crippen LogP contribution < -0.4 is 0 Å². The van der Waals surface area contributed by atoms with Gasteiger partial charge in [0.1, 0.15) is 12.3 Å². The van der Waals surface area contributed by atoms with Crippen LogP contribution in [-0.2, 0) is 0 Å². The Kier molecular flexibility index (Phi) is 9.79. The SMILES string of the molecule is CC#CC1CC(F)C(C(C)C(C)C(CCCCCC)C2CCCC2C)C(F)C1. The Morgan fingerprint density at radius 2 is 1.68 bits per heavy atom. The van der Waals surface area contributed by atoms with Crippen molar-refractivity contribution in [3.8, 4) is 11.8 Å². The van der Waals surface area contributed by atoms with Crippen LogP contribution >= 0.6 is 0 Å². The first-order valence-corrected chi connectivity index (χ1v) is 12.1. The van der Waals surface area contributed by atoms with Crippen molar-refractivity contribution in [3.05, 3.63) is 0 Å². The van der Waals surface area contributed by atoms with Crippen LogP contribution in [0.15, 0.2) is 0 Å². The highest BCUT2D eigenvalue weighted by Crippen LogP contribution is 2.48. The predicted molar refractivity (Wildman–Crippen MR) is 117 cm³/mol. The van der Waals surface area contributed by atoms with E-state index in [2.05, 4.69) is 39.5 Å². The van der Waals surface area contributed by atoms with Crippen LogP contribution in [0.1, 0.15) is 98.8 Å². The third kappa shape index (κ3) is 5.96. The molecule has 162 valence electrons. The first kappa shape index (κ1) is 23.7. The number of unbranched alkanes of at least 4 members (excludes halogenated alkanes) is 3. The van der Waals surface area contributed by atoms with Crippen molar-refractivity contribution in [2.45, 2.75) is 111 Å². The molecule has 2 aliphatic rings. The van der Waals surface area contributed by atoms with E-state index in [1.54, 1.807) is 6.92 Å². The Balaban J connectivity index is 2.08. The van der Waals surface area contributed by atoms with Crippen molar-refractivity contribution in [3.63, 3.8) is 0 Å². The highest BCUT2D eigenvalue weighted by atomic mass is 19.1. The second-order valence-electron chi connectivity index (χ2n) is 9.98. The fourth-order valence-corrected chi connectivity index (χ4v) is 6.39. The molecule has 7 unspecified atom stereocenters. The molecule has 2 aliphatic carbocycles. The first-order chi connectivity index (χ1) is 13.4. The number of hydrogen-bond acceptors (Lipinski definition) is 0. The van der Waals surface area contributed by atoms with Gasteiger partial charge in [-0.1, -0.05) is 72.1 Å². The van der Waals surface area contributed by atoms with E-state index in [4.69, 9.17) is 0 Å². The molecule has 0 aliphatic heterocycles. The molecular weight excluding hydrogens is 350 g/mol. The quantitative estimate of drug-likeness (QED) is 0.274. The van der Waals surface area contributed by atoms with E-state index in [1.165, 1.54) is 51.4 Å². The van der Waals surface area contributed by atoms with E-state index in [0.29, 0.717) is 24.7 Å². The van der Waals surface area contributed by atoms with Crippen molar-refractivity contribution in [1.82, 2.24) is 0 Å². The maximum Gasteiger partial charge on any atom is 0.107 e. The third-order valence-electron chi connectivity index (χ3n) is 8.18. The van der Waals surface area contributed by atoms with Gasteiger partial charge in [-0.05, 0) is 62.2 Å². The zero-order valence-corrected chi connectivity index (χ0v) is 19.0. The third-order valence-corrected chi connectivity index (χ3v) is 8.18. The summed E-state index contributed by atoms with van der Waals surface area (Å²) < 4.78 is 30.1. The monoisotopic (exact) mass is 394 g/mol. The highest BCUT2D eigenvalue weighted by Gasteiger charge is 2.45. The van der Waals surface area contributed by atoms with Crippen molar-refractivity contribution in [2.75, 3.05) is 0 Å². The fourth-order valence-electron chi connectivity index (χ4n) is 6.39. The van der Waals surface area contributed by atoms with Crippen LogP contribution in [0.3, 0.4) is 0 Å². The van der Waals surface area contributed by atoms with Gasteiger partial charge in [0.25, 0.3) is 0 Å². The average Bonchev–Trinajstić information content (AvgIpc) is 3.06. The van der Waals surface area contributed by atoms with Crippen LogP contribution in [0.25, 0.3) is 0 Å². The van der Waals surface area contributed by atoms with Gasteiger partial charge in [0.05, 0.1) is 0 Å². The normalized spacial score (nSPS) is 36.4. The zero-order valence-electron chi connectivity index (χ0n) is 19.0. The van der Waals surface area contributed by atoms with E-state index >= 15 is 8.78 Å². The van der Waals surface area contributed by atoms with Crippen molar-refractivity contribution in [2.24, 2.45) is 41.4 Å². The molecule has 0 N–H and O–H groups in total. The standard InChI is InChI=1S/C26H44F2/c1-6-8-9-10-14-23(22-15-11-13-18(22)3)19(4)20(5)26-24(27)16-21(12-7-2)17-25(26)28/h18-26H,6,8-11,13-17H2,1-5H3. The predicted octanol–water partition coefficient (Wildman–Crippen LogP) is 8.01. The van der Waals surface area contributed by atoms with E-state index in [1.807, 2.05) is 0 Å². The molecule has 0 radical (unpaired) electrons. The molecule has 7 atom stereocenters. The van der Waals surface area contributed by atoms with Crippen molar-refractivity contribution < 1.29 is 8.78 Å². The van der Waals surface area contributed by atoms with Crippen LogP contribution in [0.2, 0.25) is 0 Å². The summed E-state index contributed by atoms with van der Waals surface area (Å²) in [6, 6.07) is 0. The minimum absolute atomic E-state index is 0.101.